The second kappa shape index (κ2) is 8.18. The third kappa shape index (κ3) is 5.02. The van der Waals surface area contributed by atoms with Gasteiger partial charge in [-0.2, -0.15) is 0 Å². The lowest BCUT2D eigenvalue weighted by atomic mass is 10.1. The van der Waals surface area contributed by atoms with Crippen molar-refractivity contribution in [3.63, 3.8) is 0 Å². The Bertz CT molecular complexity index is 646. The number of carbonyl (C=O) groups is 1. The molecule has 0 bridgehead atoms. The minimum absolute atomic E-state index is 0.0149. The summed E-state index contributed by atoms with van der Waals surface area (Å²) in [6.45, 7) is 2.87. The number of nitrogens with one attached hydrogen (secondary N) is 1. The first-order chi connectivity index (χ1) is 10.6. The molecule has 116 valence electrons. The van der Waals surface area contributed by atoms with Crippen molar-refractivity contribution in [3.05, 3.63) is 69.7 Å². The summed E-state index contributed by atoms with van der Waals surface area (Å²) in [7, 11) is 0. The molecule has 2 aromatic rings. The number of hydrogen-bond donors (Lipinski definition) is 2. The molecule has 0 unspecified atom stereocenters. The van der Waals surface area contributed by atoms with Crippen LogP contribution in [0, 0.1) is 0 Å². The van der Waals surface area contributed by atoms with E-state index in [4.69, 9.17) is 23.2 Å². The third-order valence-corrected chi connectivity index (χ3v) is 4.01. The maximum atomic E-state index is 11.9. The number of hydrogen-bond acceptors (Lipinski definition) is 1. The van der Waals surface area contributed by atoms with E-state index in [0.717, 1.165) is 16.1 Å². The molecule has 0 aliphatic carbocycles. The van der Waals surface area contributed by atoms with Crippen LogP contribution in [0.15, 0.2) is 48.5 Å². The first-order valence-corrected chi connectivity index (χ1v) is 7.91. The maximum absolute atomic E-state index is 11.9. The summed E-state index contributed by atoms with van der Waals surface area (Å²) in [5.41, 5.74) is 2.02. The van der Waals surface area contributed by atoms with E-state index in [0.29, 0.717) is 18.1 Å². The first-order valence-electron chi connectivity index (χ1n) is 7.15. The minimum atomic E-state index is -0.0149. The van der Waals surface area contributed by atoms with Crippen LogP contribution in [0.2, 0.25) is 10.0 Å². The average Bonchev–Trinajstić information content (AvgIpc) is 2.51. The van der Waals surface area contributed by atoms with Gasteiger partial charge in [-0.1, -0.05) is 53.5 Å². The number of nitrogens with two attached hydrogens (primary N) is 1. The Kier molecular flexibility index (Phi) is 6.25. The standard InChI is InChI=1S/C17H18Cl2N2O/c1-12(15-7-2-3-8-16(15)19)20-11-17(22)21-10-13-5-4-6-14(18)9-13/h2-9,12,20H,10-11H2,1H3,(H,21,22)/p+1/t12-/m1/s1. The number of rotatable bonds is 6. The van der Waals surface area contributed by atoms with Crippen LogP contribution in [0.25, 0.3) is 0 Å². The van der Waals surface area contributed by atoms with E-state index in [2.05, 4.69) is 5.32 Å². The monoisotopic (exact) mass is 337 g/mol. The largest absolute Gasteiger partial charge is 0.347 e. The van der Waals surface area contributed by atoms with Crippen LogP contribution in [-0.4, -0.2) is 12.5 Å². The van der Waals surface area contributed by atoms with Crippen LogP contribution >= 0.6 is 23.2 Å². The molecule has 0 aliphatic heterocycles. The molecule has 0 fully saturated rings. The van der Waals surface area contributed by atoms with Gasteiger partial charge in [-0.3, -0.25) is 4.79 Å². The molecule has 22 heavy (non-hydrogen) atoms. The Morgan fingerprint density at radius 2 is 1.95 bits per heavy atom. The molecular weight excluding hydrogens is 319 g/mol. The van der Waals surface area contributed by atoms with E-state index in [1.165, 1.54) is 0 Å². The van der Waals surface area contributed by atoms with E-state index in [-0.39, 0.29) is 11.9 Å². The fourth-order valence-corrected chi connectivity index (χ4v) is 2.70. The van der Waals surface area contributed by atoms with Crippen LogP contribution in [0.4, 0.5) is 0 Å². The Morgan fingerprint density at radius 1 is 1.18 bits per heavy atom. The van der Waals surface area contributed by atoms with Crippen molar-refractivity contribution in [1.29, 1.82) is 0 Å². The Labute approximate surface area is 140 Å². The van der Waals surface area contributed by atoms with Gasteiger partial charge >= 0.3 is 0 Å². The van der Waals surface area contributed by atoms with E-state index in [9.17, 15) is 4.79 Å². The van der Waals surface area contributed by atoms with Gasteiger partial charge in [0.1, 0.15) is 6.04 Å². The fourth-order valence-electron chi connectivity index (χ4n) is 2.17. The van der Waals surface area contributed by atoms with Crippen LogP contribution in [0.5, 0.6) is 0 Å². The lowest BCUT2D eigenvalue weighted by Gasteiger charge is -2.12. The smallest absolute Gasteiger partial charge is 0.275 e. The van der Waals surface area contributed by atoms with Crippen molar-refractivity contribution in [2.24, 2.45) is 0 Å². The summed E-state index contributed by atoms with van der Waals surface area (Å²) in [6, 6.07) is 15.3. The summed E-state index contributed by atoms with van der Waals surface area (Å²) < 4.78 is 0. The summed E-state index contributed by atoms with van der Waals surface area (Å²) >= 11 is 12.1. The van der Waals surface area contributed by atoms with Crippen LogP contribution in [0.3, 0.4) is 0 Å². The SMILES string of the molecule is C[C@@H]([NH2+]CC(=O)NCc1cccc(Cl)c1)c1ccccc1Cl. The highest BCUT2D eigenvalue weighted by atomic mass is 35.5. The lowest BCUT2D eigenvalue weighted by Crippen LogP contribution is -2.87. The molecule has 0 spiro atoms. The molecule has 0 heterocycles. The van der Waals surface area contributed by atoms with Crippen molar-refractivity contribution in [3.8, 4) is 0 Å². The van der Waals surface area contributed by atoms with Gasteiger partial charge in [0.05, 0.1) is 0 Å². The predicted molar refractivity (Wildman–Crippen MR) is 90.0 cm³/mol. The zero-order valence-corrected chi connectivity index (χ0v) is 13.9. The van der Waals surface area contributed by atoms with Crippen molar-refractivity contribution in [2.45, 2.75) is 19.5 Å². The van der Waals surface area contributed by atoms with Crippen LogP contribution < -0.4 is 10.6 Å². The van der Waals surface area contributed by atoms with Gasteiger partial charge in [-0.05, 0) is 30.7 Å². The van der Waals surface area contributed by atoms with Crippen molar-refractivity contribution in [2.75, 3.05) is 6.54 Å². The molecule has 0 saturated carbocycles. The average molecular weight is 338 g/mol. The highest BCUT2D eigenvalue weighted by Crippen LogP contribution is 2.19. The number of benzene rings is 2. The lowest BCUT2D eigenvalue weighted by molar-refractivity contribution is -0.682. The molecule has 0 saturated heterocycles. The molecular formula is C17H19Cl2N2O+. The highest BCUT2D eigenvalue weighted by Gasteiger charge is 2.13. The summed E-state index contributed by atoms with van der Waals surface area (Å²) in [5.74, 6) is -0.0149. The van der Waals surface area contributed by atoms with Gasteiger partial charge in [-0.15, -0.1) is 0 Å². The first kappa shape index (κ1) is 16.8. The summed E-state index contributed by atoms with van der Waals surface area (Å²) in [6.07, 6.45) is 0. The number of halogens is 2. The predicted octanol–water partition coefficient (Wildman–Crippen LogP) is 2.93. The molecule has 5 heteroatoms. The van der Waals surface area contributed by atoms with Crippen molar-refractivity contribution < 1.29 is 10.1 Å². The van der Waals surface area contributed by atoms with Gasteiger partial charge in [-0.25, -0.2) is 0 Å². The zero-order valence-electron chi connectivity index (χ0n) is 12.4. The normalized spacial score (nSPS) is 12.0. The minimum Gasteiger partial charge on any atom is -0.347 e. The van der Waals surface area contributed by atoms with Crippen LogP contribution in [-0.2, 0) is 11.3 Å². The number of amides is 1. The van der Waals surface area contributed by atoms with Crippen molar-refractivity contribution in [1.82, 2.24) is 5.32 Å². The fraction of sp³-hybridized carbons (Fsp3) is 0.235. The summed E-state index contributed by atoms with van der Waals surface area (Å²) in [5, 5.41) is 6.25. The van der Waals surface area contributed by atoms with E-state index >= 15 is 0 Å². The molecule has 0 radical (unpaired) electrons. The molecule has 1 amide bonds. The Hall–Kier alpha value is -1.55. The van der Waals surface area contributed by atoms with Crippen LogP contribution in [0.1, 0.15) is 24.1 Å². The molecule has 0 aromatic heterocycles. The second-order valence-electron chi connectivity index (χ2n) is 5.16. The molecule has 1 atom stereocenters. The molecule has 2 rings (SSSR count). The maximum Gasteiger partial charge on any atom is 0.275 e. The topological polar surface area (TPSA) is 45.7 Å². The second-order valence-corrected chi connectivity index (χ2v) is 6.00. The molecule has 0 aliphatic rings. The van der Waals surface area contributed by atoms with Gasteiger partial charge in [0, 0.05) is 22.2 Å². The van der Waals surface area contributed by atoms with Gasteiger partial charge in [0.25, 0.3) is 5.91 Å². The quantitative estimate of drug-likeness (QED) is 0.836. The molecule has 2 aromatic carbocycles. The molecule has 3 nitrogen and oxygen atoms in total. The molecule has 3 N–H and O–H groups in total. The third-order valence-electron chi connectivity index (χ3n) is 3.43. The number of carbonyl (C=O) groups excluding carboxylic acids is 1. The summed E-state index contributed by atoms with van der Waals surface area (Å²) in [4.78, 5) is 11.9. The Morgan fingerprint density at radius 3 is 2.68 bits per heavy atom. The Balaban J connectivity index is 1.79. The van der Waals surface area contributed by atoms with Crippen molar-refractivity contribution >= 4 is 29.1 Å². The highest BCUT2D eigenvalue weighted by molar-refractivity contribution is 6.31. The van der Waals surface area contributed by atoms with Gasteiger partial charge in [0.15, 0.2) is 6.54 Å². The van der Waals surface area contributed by atoms with E-state index in [1.807, 2.05) is 60.8 Å². The van der Waals surface area contributed by atoms with Gasteiger partial charge in [0.2, 0.25) is 0 Å². The zero-order chi connectivity index (χ0) is 15.9. The number of quaternary nitrogens is 1. The van der Waals surface area contributed by atoms with E-state index in [1.54, 1.807) is 0 Å². The van der Waals surface area contributed by atoms with Gasteiger partial charge < -0.3 is 10.6 Å². The van der Waals surface area contributed by atoms with E-state index < -0.39 is 0 Å².